The minimum absolute atomic E-state index is 0.0702. The molecular weight excluding hydrogens is 256 g/mol. The summed E-state index contributed by atoms with van der Waals surface area (Å²) in [5.74, 6) is 0.658. The Labute approximate surface area is 120 Å². The standard InChI is InChI=1S/C15H24N2O3/c1-4-16-15(19)12(3)17-9-13(18)10-20-14-7-5-11(2)6-8-14/h5-8,12-13,17-18H,4,9-10H2,1-3H3,(H,16,19). The zero-order valence-electron chi connectivity index (χ0n) is 12.3. The number of rotatable bonds is 8. The van der Waals surface area contributed by atoms with E-state index in [1.54, 1.807) is 6.92 Å². The van der Waals surface area contributed by atoms with Crippen LogP contribution in [0, 0.1) is 6.92 Å². The summed E-state index contributed by atoms with van der Waals surface area (Å²) >= 11 is 0. The molecular formula is C15H24N2O3. The van der Waals surface area contributed by atoms with Gasteiger partial charge in [-0.25, -0.2) is 0 Å². The van der Waals surface area contributed by atoms with Crippen molar-refractivity contribution < 1.29 is 14.6 Å². The third-order valence-electron chi connectivity index (χ3n) is 2.87. The minimum atomic E-state index is -0.659. The van der Waals surface area contributed by atoms with E-state index < -0.39 is 6.10 Å². The van der Waals surface area contributed by atoms with Crippen molar-refractivity contribution in [3.05, 3.63) is 29.8 Å². The highest BCUT2D eigenvalue weighted by atomic mass is 16.5. The van der Waals surface area contributed by atoms with Crippen molar-refractivity contribution in [3.8, 4) is 5.75 Å². The summed E-state index contributed by atoms with van der Waals surface area (Å²) in [6.07, 6.45) is -0.659. The SMILES string of the molecule is CCNC(=O)C(C)NCC(O)COc1ccc(C)cc1. The first-order valence-electron chi connectivity index (χ1n) is 6.91. The second-order valence-corrected chi connectivity index (χ2v) is 4.80. The average Bonchev–Trinajstić information content (AvgIpc) is 2.44. The number of nitrogens with one attached hydrogen (secondary N) is 2. The fourth-order valence-electron chi connectivity index (χ4n) is 1.62. The van der Waals surface area contributed by atoms with Crippen LogP contribution in [0.3, 0.4) is 0 Å². The molecule has 3 N–H and O–H groups in total. The number of hydrogen-bond acceptors (Lipinski definition) is 4. The summed E-state index contributed by atoms with van der Waals surface area (Å²) in [6.45, 7) is 6.74. The first-order chi connectivity index (χ1) is 9.52. The lowest BCUT2D eigenvalue weighted by atomic mass is 10.2. The van der Waals surface area contributed by atoms with Crippen molar-refractivity contribution in [3.63, 3.8) is 0 Å². The molecule has 0 spiro atoms. The van der Waals surface area contributed by atoms with Gasteiger partial charge in [0.25, 0.3) is 0 Å². The van der Waals surface area contributed by atoms with Crippen LogP contribution in [-0.4, -0.2) is 42.9 Å². The molecule has 0 fully saturated rings. The summed E-state index contributed by atoms with van der Waals surface area (Å²) in [5, 5.41) is 15.5. The minimum Gasteiger partial charge on any atom is -0.491 e. The Bertz CT molecular complexity index is 406. The van der Waals surface area contributed by atoms with E-state index in [-0.39, 0.29) is 18.6 Å². The Hall–Kier alpha value is -1.59. The van der Waals surface area contributed by atoms with E-state index in [1.165, 1.54) is 0 Å². The van der Waals surface area contributed by atoms with Gasteiger partial charge in [0.05, 0.1) is 6.04 Å². The Morgan fingerprint density at radius 3 is 2.60 bits per heavy atom. The predicted octanol–water partition coefficient (Wildman–Crippen LogP) is 0.849. The van der Waals surface area contributed by atoms with Crippen molar-refractivity contribution in [2.75, 3.05) is 19.7 Å². The lowest BCUT2D eigenvalue weighted by Gasteiger charge is -2.17. The summed E-state index contributed by atoms with van der Waals surface area (Å²) in [6, 6.07) is 7.32. The maximum Gasteiger partial charge on any atom is 0.236 e. The van der Waals surface area contributed by atoms with Gasteiger partial charge in [-0.1, -0.05) is 17.7 Å². The van der Waals surface area contributed by atoms with E-state index in [9.17, 15) is 9.90 Å². The number of hydrogen-bond donors (Lipinski definition) is 3. The van der Waals surface area contributed by atoms with E-state index >= 15 is 0 Å². The van der Waals surface area contributed by atoms with Crippen LogP contribution in [0.25, 0.3) is 0 Å². The van der Waals surface area contributed by atoms with Gasteiger partial charge in [-0.15, -0.1) is 0 Å². The Balaban J connectivity index is 2.24. The van der Waals surface area contributed by atoms with Crippen molar-refractivity contribution in [1.29, 1.82) is 0 Å². The quantitative estimate of drug-likeness (QED) is 0.660. The summed E-state index contributed by atoms with van der Waals surface area (Å²) in [4.78, 5) is 11.5. The summed E-state index contributed by atoms with van der Waals surface area (Å²) in [5.41, 5.74) is 1.16. The van der Waals surface area contributed by atoms with Crippen LogP contribution in [0.2, 0.25) is 0 Å². The third-order valence-corrected chi connectivity index (χ3v) is 2.87. The number of ether oxygens (including phenoxy) is 1. The van der Waals surface area contributed by atoms with Gasteiger partial charge in [0.2, 0.25) is 5.91 Å². The molecule has 0 aliphatic heterocycles. The van der Waals surface area contributed by atoms with Gasteiger partial charge in [0.15, 0.2) is 0 Å². The average molecular weight is 280 g/mol. The number of amides is 1. The number of aliphatic hydroxyl groups excluding tert-OH is 1. The van der Waals surface area contributed by atoms with Gasteiger partial charge in [0.1, 0.15) is 18.5 Å². The van der Waals surface area contributed by atoms with Crippen LogP contribution in [0.4, 0.5) is 0 Å². The van der Waals surface area contributed by atoms with Crippen molar-refractivity contribution in [2.45, 2.75) is 32.9 Å². The molecule has 112 valence electrons. The van der Waals surface area contributed by atoms with Crippen LogP contribution in [0.15, 0.2) is 24.3 Å². The number of likely N-dealkylation sites (N-methyl/N-ethyl adjacent to an activating group) is 1. The van der Waals surface area contributed by atoms with Gasteiger partial charge >= 0.3 is 0 Å². The Morgan fingerprint density at radius 2 is 2.00 bits per heavy atom. The number of carbonyl (C=O) groups is 1. The topological polar surface area (TPSA) is 70.6 Å². The van der Waals surface area contributed by atoms with Gasteiger partial charge in [-0.2, -0.15) is 0 Å². The van der Waals surface area contributed by atoms with Gasteiger partial charge in [-0.05, 0) is 32.9 Å². The smallest absolute Gasteiger partial charge is 0.236 e. The summed E-state index contributed by atoms with van der Waals surface area (Å²) in [7, 11) is 0. The molecule has 1 aromatic carbocycles. The molecule has 0 bridgehead atoms. The van der Waals surface area contributed by atoms with E-state index in [2.05, 4.69) is 10.6 Å². The van der Waals surface area contributed by atoms with Gasteiger partial charge < -0.3 is 20.5 Å². The first-order valence-corrected chi connectivity index (χ1v) is 6.91. The molecule has 1 rings (SSSR count). The van der Waals surface area contributed by atoms with Crippen molar-refractivity contribution in [2.24, 2.45) is 0 Å². The zero-order valence-corrected chi connectivity index (χ0v) is 12.3. The lowest BCUT2D eigenvalue weighted by molar-refractivity contribution is -0.122. The normalized spacial score (nSPS) is 13.6. The molecule has 1 aromatic rings. The molecule has 2 unspecified atom stereocenters. The number of carbonyl (C=O) groups excluding carboxylic acids is 1. The van der Waals surface area contributed by atoms with Crippen LogP contribution in [-0.2, 0) is 4.79 Å². The molecule has 20 heavy (non-hydrogen) atoms. The number of aliphatic hydroxyl groups is 1. The van der Waals surface area contributed by atoms with E-state index in [4.69, 9.17) is 4.74 Å². The Morgan fingerprint density at radius 1 is 1.35 bits per heavy atom. The van der Waals surface area contributed by atoms with Crippen LogP contribution < -0.4 is 15.4 Å². The fourth-order valence-corrected chi connectivity index (χ4v) is 1.62. The van der Waals surface area contributed by atoms with Crippen LogP contribution in [0.1, 0.15) is 19.4 Å². The largest absolute Gasteiger partial charge is 0.491 e. The lowest BCUT2D eigenvalue weighted by Crippen LogP contribution is -2.45. The highest BCUT2D eigenvalue weighted by Crippen LogP contribution is 2.11. The molecule has 0 saturated carbocycles. The maximum absolute atomic E-state index is 11.5. The second kappa shape index (κ2) is 8.55. The van der Waals surface area contributed by atoms with E-state index in [0.717, 1.165) is 11.3 Å². The molecule has 0 aliphatic rings. The fraction of sp³-hybridized carbons (Fsp3) is 0.533. The predicted molar refractivity (Wildman–Crippen MR) is 78.8 cm³/mol. The maximum atomic E-state index is 11.5. The highest BCUT2D eigenvalue weighted by Gasteiger charge is 2.13. The van der Waals surface area contributed by atoms with Gasteiger partial charge in [0, 0.05) is 13.1 Å². The molecule has 0 saturated heterocycles. The second-order valence-electron chi connectivity index (χ2n) is 4.80. The molecule has 0 radical (unpaired) electrons. The van der Waals surface area contributed by atoms with E-state index in [0.29, 0.717) is 13.1 Å². The van der Waals surface area contributed by atoms with E-state index in [1.807, 2.05) is 38.1 Å². The molecule has 0 aromatic heterocycles. The molecule has 5 heteroatoms. The molecule has 1 amide bonds. The molecule has 0 aliphatic carbocycles. The monoisotopic (exact) mass is 280 g/mol. The Kier molecular flexibility index (Phi) is 7.04. The van der Waals surface area contributed by atoms with Crippen molar-refractivity contribution in [1.82, 2.24) is 10.6 Å². The zero-order chi connectivity index (χ0) is 15.0. The number of benzene rings is 1. The third kappa shape index (κ3) is 6.04. The number of aryl methyl sites for hydroxylation is 1. The molecule has 0 heterocycles. The molecule has 5 nitrogen and oxygen atoms in total. The van der Waals surface area contributed by atoms with Crippen LogP contribution in [0.5, 0.6) is 5.75 Å². The first kappa shape index (κ1) is 16.5. The van der Waals surface area contributed by atoms with Crippen molar-refractivity contribution >= 4 is 5.91 Å². The summed E-state index contributed by atoms with van der Waals surface area (Å²) < 4.78 is 5.47. The molecule has 2 atom stereocenters. The van der Waals surface area contributed by atoms with Gasteiger partial charge in [-0.3, -0.25) is 4.79 Å². The van der Waals surface area contributed by atoms with Crippen LogP contribution >= 0.6 is 0 Å². The highest BCUT2D eigenvalue weighted by molar-refractivity contribution is 5.81.